The molecule has 0 aromatic heterocycles. The van der Waals surface area contributed by atoms with E-state index in [4.69, 9.17) is 14.2 Å². The van der Waals surface area contributed by atoms with Crippen LogP contribution in [0.5, 0.6) is 5.75 Å². The zero-order valence-corrected chi connectivity index (χ0v) is 18.1. The van der Waals surface area contributed by atoms with E-state index in [2.05, 4.69) is 0 Å². The van der Waals surface area contributed by atoms with Crippen LogP contribution < -0.4 is 0 Å². The van der Waals surface area contributed by atoms with Crippen molar-refractivity contribution in [2.75, 3.05) is 13.2 Å². The van der Waals surface area contributed by atoms with E-state index < -0.39 is 73.8 Å². The highest BCUT2D eigenvalue weighted by Crippen LogP contribution is 2.34. The molecule has 8 N–H and O–H groups in total. The van der Waals surface area contributed by atoms with Crippen LogP contribution in [0.2, 0.25) is 0 Å². The number of aliphatic hydroxyl groups is 7. The number of phenols is 1. The van der Waals surface area contributed by atoms with Gasteiger partial charge in [0.1, 0.15) is 60.0 Å². The van der Waals surface area contributed by atoms with Gasteiger partial charge >= 0.3 is 0 Å². The minimum absolute atomic E-state index is 0.0967. The maximum absolute atomic E-state index is 11.0. The molecule has 2 aliphatic rings. The van der Waals surface area contributed by atoms with Crippen LogP contribution in [0.25, 0.3) is 0 Å². The van der Waals surface area contributed by atoms with Crippen LogP contribution in [0.15, 0.2) is 18.2 Å². The van der Waals surface area contributed by atoms with E-state index in [0.717, 1.165) is 11.8 Å². The first-order valence-corrected chi connectivity index (χ1v) is 11.2. The third kappa shape index (κ3) is 5.66. The molecule has 0 saturated carbocycles. The summed E-state index contributed by atoms with van der Waals surface area (Å²) in [6.45, 7) is -1.31. The van der Waals surface area contributed by atoms with Crippen molar-refractivity contribution < 1.29 is 59.9 Å². The summed E-state index contributed by atoms with van der Waals surface area (Å²) in [5.74, 6) is 0.0722. The van der Waals surface area contributed by atoms with Gasteiger partial charge in [-0.1, -0.05) is 6.07 Å². The summed E-state index contributed by atoms with van der Waals surface area (Å²) in [6, 6.07) is 4.40. The summed E-state index contributed by atoms with van der Waals surface area (Å²) < 4.78 is 16.4. The Balaban J connectivity index is 1.67. The highest BCUT2D eigenvalue weighted by molar-refractivity contribution is 7.99. The van der Waals surface area contributed by atoms with Crippen molar-refractivity contribution in [3.8, 4) is 5.75 Å². The summed E-state index contributed by atoms with van der Waals surface area (Å²) in [5, 5.41) is 79.7. The van der Waals surface area contributed by atoms with Gasteiger partial charge < -0.3 is 55.1 Å². The molecule has 2 aliphatic heterocycles. The fourth-order valence-corrected chi connectivity index (χ4v) is 4.78. The van der Waals surface area contributed by atoms with Gasteiger partial charge in [-0.25, -0.2) is 0 Å². The molecule has 1 aromatic carbocycles. The van der Waals surface area contributed by atoms with Crippen LogP contribution in [0.3, 0.4) is 0 Å². The normalized spacial score (nSPS) is 39.4. The monoisotopic (exact) mass is 492 g/mol. The Kier molecular flexibility index (Phi) is 9.05. The molecule has 13 heteroatoms. The molecule has 0 amide bonds. The fraction of sp³-hybridized carbons (Fsp3) is 0.650. The Morgan fingerprint density at radius 2 is 1.61 bits per heavy atom. The van der Waals surface area contributed by atoms with Crippen LogP contribution in [-0.4, -0.2) is 121 Å². The Hall–Kier alpha value is -1.36. The molecule has 2 saturated heterocycles. The van der Waals surface area contributed by atoms with Crippen molar-refractivity contribution in [2.45, 2.75) is 66.3 Å². The molecule has 1 aromatic rings. The molecule has 0 unspecified atom stereocenters. The number of aldehydes is 1. The first-order chi connectivity index (χ1) is 15.7. The Morgan fingerprint density at radius 1 is 0.909 bits per heavy atom. The van der Waals surface area contributed by atoms with Gasteiger partial charge in [0.05, 0.1) is 18.8 Å². The molecular formula is C20H28O12S. The average Bonchev–Trinajstić information content (AvgIpc) is 2.82. The third-order valence-electron chi connectivity index (χ3n) is 5.59. The molecule has 0 aliphatic carbocycles. The van der Waals surface area contributed by atoms with Crippen molar-refractivity contribution in [2.24, 2.45) is 0 Å². The lowest BCUT2D eigenvalue weighted by molar-refractivity contribution is -0.338. The van der Waals surface area contributed by atoms with E-state index in [0.29, 0.717) is 11.8 Å². The Bertz CT molecular complexity index is 792. The number of thioether (sulfide) groups is 1. The summed E-state index contributed by atoms with van der Waals surface area (Å²) in [5.41, 5.74) is -0.259. The highest BCUT2D eigenvalue weighted by atomic mass is 32.2. The van der Waals surface area contributed by atoms with E-state index in [1.165, 1.54) is 12.1 Å². The molecule has 12 nitrogen and oxygen atoms in total. The van der Waals surface area contributed by atoms with Gasteiger partial charge in [0.25, 0.3) is 0 Å². The van der Waals surface area contributed by atoms with Crippen molar-refractivity contribution in [3.63, 3.8) is 0 Å². The number of hydrogen-bond acceptors (Lipinski definition) is 13. The molecule has 186 valence electrons. The number of phenolic OH excluding ortho intramolecular Hbond substituents is 1. The van der Waals surface area contributed by atoms with Gasteiger partial charge in [-0.2, -0.15) is 0 Å². The molecule has 0 bridgehead atoms. The molecular weight excluding hydrogens is 464 g/mol. The number of carbonyl (C=O) groups is 1. The van der Waals surface area contributed by atoms with Gasteiger partial charge in [0, 0.05) is 5.75 Å². The molecule has 2 fully saturated rings. The topological polar surface area (TPSA) is 207 Å². The van der Waals surface area contributed by atoms with Crippen molar-refractivity contribution in [1.29, 1.82) is 0 Å². The second-order valence-electron chi connectivity index (χ2n) is 7.83. The standard InChI is InChI=1S/C20H28O12S/c21-4-9-3-8(1-2-10(9)24)7-33-20-17(29)15(27)18(12(6-23)31-20)32-19-16(28)14(26)13(25)11(5-22)30-19/h1-4,11-20,22-29H,5-7H2/t11-,12-,13+,14+,15-,16-,17-,18-,19+,20+/m1/s1. The summed E-state index contributed by atoms with van der Waals surface area (Å²) in [4.78, 5) is 11.0. The SMILES string of the molecule is O=Cc1cc(CS[C@@H]2O[C@H](CO)[C@@H](O[C@@H]3O[C@H](CO)[C@H](O)[C@H](O)[C@H]3O)[C@H](O)[C@H]2O)ccc1O. The number of hydrogen-bond donors (Lipinski definition) is 8. The van der Waals surface area contributed by atoms with Crippen LogP contribution in [-0.2, 0) is 20.0 Å². The minimum atomic E-state index is -1.74. The van der Waals surface area contributed by atoms with Crippen LogP contribution in [0.1, 0.15) is 15.9 Å². The van der Waals surface area contributed by atoms with Gasteiger partial charge in [-0.05, 0) is 17.7 Å². The molecule has 10 atom stereocenters. The maximum atomic E-state index is 11.0. The lowest BCUT2D eigenvalue weighted by atomic mass is 9.97. The van der Waals surface area contributed by atoms with Gasteiger partial charge in [0.2, 0.25) is 0 Å². The lowest BCUT2D eigenvalue weighted by Gasteiger charge is -2.46. The minimum Gasteiger partial charge on any atom is -0.507 e. The first kappa shape index (κ1) is 26.2. The Morgan fingerprint density at radius 3 is 2.24 bits per heavy atom. The molecule has 2 heterocycles. The van der Waals surface area contributed by atoms with E-state index in [1.807, 2.05) is 0 Å². The number of aromatic hydroxyl groups is 1. The molecule has 3 rings (SSSR count). The number of carbonyl (C=O) groups excluding carboxylic acids is 1. The van der Waals surface area contributed by atoms with E-state index >= 15 is 0 Å². The second kappa shape index (κ2) is 11.4. The largest absolute Gasteiger partial charge is 0.507 e. The number of benzene rings is 1. The number of rotatable bonds is 8. The predicted octanol–water partition coefficient (Wildman–Crippen LogP) is -2.94. The lowest BCUT2D eigenvalue weighted by Crippen LogP contribution is -2.64. The van der Waals surface area contributed by atoms with Crippen LogP contribution >= 0.6 is 11.8 Å². The number of aliphatic hydroxyl groups excluding tert-OH is 7. The molecule has 33 heavy (non-hydrogen) atoms. The first-order valence-electron chi connectivity index (χ1n) is 10.2. The van der Waals surface area contributed by atoms with Crippen LogP contribution in [0.4, 0.5) is 0 Å². The van der Waals surface area contributed by atoms with Gasteiger partial charge in [0.15, 0.2) is 12.6 Å². The maximum Gasteiger partial charge on any atom is 0.187 e. The molecule has 0 radical (unpaired) electrons. The highest BCUT2D eigenvalue weighted by Gasteiger charge is 2.50. The smallest absolute Gasteiger partial charge is 0.187 e. The summed E-state index contributed by atoms with van der Waals surface area (Å²) in [7, 11) is 0. The summed E-state index contributed by atoms with van der Waals surface area (Å²) in [6.07, 6.45) is -13.0. The van der Waals surface area contributed by atoms with Gasteiger partial charge in [-0.3, -0.25) is 4.79 Å². The van der Waals surface area contributed by atoms with Gasteiger partial charge in [-0.15, -0.1) is 11.8 Å². The molecule has 0 spiro atoms. The predicted molar refractivity (Wildman–Crippen MR) is 111 cm³/mol. The van der Waals surface area contributed by atoms with E-state index in [-0.39, 0.29) is 17.1 Å². The van der Waals surface area contributed by atoms with E-state index in [1.54, 1.807) is 6.07 Å². The van der Waals surface area contributed by atoms with Crippen molar-refractivity contribution in [1.82, 2.24) is 0 Å². The third-order valence-corrected chi connectivity index (χ3v) is 6.81. The number of ether oxygens (including phenoxy) is 3. The fourth-order valence-electron chi connectivity index (χ4n) is 3.66. The van der Waals surface area contributed by atoms with Crippen LogP contribution in [0, 0.1) is 0 Å². The average molecular weight is 492 g/mol. The van der Waals surface area contributed by atoms with E-state index in [9.17, 15) is 45.6 Å². The quantitative estimate of drug-likeness (QED) is 0.171. The van der Waals surface area contributed by atoms with Crippen molar-refractivity contribution >= 4 is 18.0 Å². The summed E-state index contributed by atoms with van der Waals surface area (Å²) >= 11 is 1.08. The zero-order chi connectivity index (χ0) is 24.3. The Labute approximate surface area is 193 Å². The van der Waals surface area contributed by atoms with Crippen molar-refractivity contribution in [3.05, 3.63) is 29.3 Å². The second-order valence-corrected chi connectivity index (χ2v) is 8.91. The zero-order valence-electron chi connectivity index (χ0n) is 17.3.